The van der Waals surface area contributed by atoms with Crippen LogP contribution in [-0.4, -0.2) is 40.0 Å². The van der Waals surface area contributed by atoms with Crippen LogP contribution in [0.5, 0.6) is 0 Å². The van der Waals surface area contributed by atoms with Crippen molar-refractivity contribution in [3.05, 3.63) is 30.1 Å². The summed E-state index contributed by atoms with van der Waals surface area (Å²) in [5, 5.41) is 9.12. The summed E-state index contributed by atoms with van der Waals surface area (Å²) in [5.74, 6) is 1.40. The Hall–Kier alpha value is -1.84. The number of carbonyl (C=O) groups excluding carboxylic acids is 1. The lowest BCUT2D eigenvalue weighted by molar-refractivity contribution is -0.121. The smallest absolute Gasteiger partial charge is 0.239 e. The van der Waals surface area contributed by atoms with Gasteiger partial charge < -0.3 is 20.5 Å². The first kappa shape index (κ1) is 22.2. The lowest BCUT2D eigenvalue weighted by Crippen LogP contribution is -2.48. The molecule has 0 saturated carbocycles. The highest BCUT2D eigenvalue weighted by Crippen LogP contribution is 2.14. The van der Waals surface area contributed by atoms with Crippen LogP contribution in [-0.2, 0) is 18.4 Å². The molecule has 0 fully saturated rings. The zero-order valence-electron chi connectivity index (χ0n) is 16.1. The van der Waals surface area contributed by atoms with Crippen molar-refractivity contribution in [3.63, 3.8) is 0 Å². The van der Waals surface area contributed by atoms with Crippen LogP contribution in [0.4, 0.5) is 0 Å². The third-order valence-corrected chi connectivity index (χ3v) is 3.53. The predicted molar refractivity (Wildman–Crippen MR) is 117 cm³/mol. The molecule has 2 rings (SSSR count). The number of para-hydroxylation sites is 2. The number of aryl methyl sites for hydroxylation is 1. The minimum atomic E-state index is -0.249. The minimum absolute atomic E-state index is 0. The average Bonchev–Trinajstić information content (AvgIpc) is 2.85. The summed E-state index contributed by atoms with van der Waals surface area (Å²) in [6.07, 6.45) is 0. The highest BCUT2D eigenvalue weighted by atomic mass is 127. The van der Waals surface area contributed by atoms with Gasteiger partial charge in [0.15, 0.2) is 5.96 Å². The van der Waals surface area contributed by atoms with Crippen LogP contribution in [0, 0.1) is 0 Å². The number of aliphatic imine (C=N–C) groups is 1. The van der Waals surface area contributed by atoms with E-state index in [0.717, 1.165) is 23.4 Å². The number of fused-ring (bicyclic) bond motifs is 1. The molecule has 7 nitrogen and oxygen atoms in total. The van der Waals surface area contributed by atoms with Gasteiger partial charge in [0.05, 0.1) is 17.6 Å². The number of guanidine groups is 1. The standard InChI is InChI=1S/C18H28N6O.HI/c1-6-19-17(21-12-16(25)23-18(2,3)4)20-11-15-22-13-9-7-8-10-14(13)24(15)5;/h7-10H,6,11-12H2,1-5H3,(H,23,25)(H2,19,20,21);1H. The maximum Gasteiger partial charge on any atom is 0.239 e. The number of aromatic nitrogens is 2. The van der Waals surface area contributed by atoms with E-state index >= 15 is 0 Å². The van der Waals surface area contributed by atoms with E-state index in [0.29, 0.717) is 12.5 Å². The molecule has 144 valence electrons. The molecule has 0 bridgehead atoms. The third-order valence-electron chi connectivity index (χ3n) is 3.53. The molecule has 0 unspecified atom stereocenters. The fourth-order valence-corrected chi connectivity index (χ4v) is 2.45. The second kappa shape index (κ2) is 9.75. The molecular weight excluding hydrogens is 443 g/mol. The second-order valence-electron chi connectivity index (χ2n) is 6.92. The van der Waals surface area contributed by atoms with Gasteiger partial charge in [0.25, 0.3) is 0 Å². The molecule has 0 aliphatic carbocycles. The van der Waals surface area contributed by atoms with Gasteiger partial charge in [-0.1, -0.05) is 12.1 Å². The van der Waals surface area contributed by atoms with Crippen molar-refractivity contribution in [3.8, 4) is 0 Å². The fraction of sp³-hybridized carbons (Fsp3) is 0.500. The van der Waals surface area contributed by atoms with Crippen molar-refractivity contribution in [2.75, 3.05) is 13.1 Å². The van der Waals surface area contributed by atoms with E-state index in [9.17, 15) is 4.79 Å². The van der Waals surface area contributed by atoms with E-state index in [1.54, 1.807) is 0 Å². The van der Waals surface area contributed by atoms with Crippen LogP contribution in [0.3, 0.4) is 0 Å². The van der Waals surface area contributed by atoms with Gasteiger partial charge in [-0.2, -0.15) is 0 Å². The maximum atomic E-state index is 11.9. The first-order valence-electron chi connectivity index (χ1n) is 8.53. The summed E-state index contributed by atoms with van der Waals surface area (Å²) >= 11 is 0. The van der Waals surface area contributed by atoms with Gasteiger partial charge in [0, 0.05) is 19.1 Å². The summed E-state index contributed by atoms with van der Waals surface area (Å²) in [4.78, 5) is 21.1. The fourth-order valence-electron chi connectivity index (χ4n) is 2.45. The van der Waals surface area contributed by atoms with Crippen LogP contribution in [0.15, 0.2) is 29.3 Å². The number of amides is 1. The van der Waals surface area contributed by atoms with E-state index < -0.39 is 0 Å². The highest BCUT2D eigenvalue weighted by molar-refractivity contribution is 14.0. The highest BCUT2D eigenvalue weighted by Gasteiger charge is 2.14. The second-order valence-corrected chi connectivity index (χ2v) is 6.92. The molecule has 1 heterocycles. The van der Waals surface area contributed by atoms with Gasteiger partial charge in [-0.15, -0.1) is 24.0 Å². The maximum absolute atomic E-state index is 11.9. The molecule has 0 saturated heterocycles. The van der Waals surface area contributed by atoms with Gasteiger partial charge in [0.2, 0.25) is 5.91 Å². The normalized spacial score (nSPS) is 11.8. The molecule has 26 heavy (non-hydrogen) atoms. The Morgan fingerprint density at radius 3 is 2.54 bits per heavy atom. The number of rotatable bonds is 5. The zero-order valence-corrected chi connectivity index (χ0v) is 18.4. The first-order valence-corrected chi connectivity index (χ1v) is 8.53. The van der Waals surface area contributed by atoms with Crippen LogP contribution >= 0.6 is 24.0 Å². The summed E-state index contributed by atoms with van der Waals surface area (Å²) in [6, 6.07) is 8.00. The number of imidazole rings is 1. The Bertz CT molecular complexity index is 763. The number of halogens is 1. The van der Waals surface area contributed by atoms with E-state index in [1.807, 2.05) is 63.6 Å². The number of nitrogens with one attached hydrogen (secondary N) is 3. The van der Waals surface area contributed by atoms with E-state index in [2.05, 4.69) is 25.9 Å². The quantitative estimate of drug-likeness (QED) is 0.354. The van der Waals surface area contributed by atoms with Crippen LogP contribution in [0.25, 0.3) is 11.0 Å². The Kier molecular flexibility index (Phi) is 8.32. The lowest BCUT2D eigenvalue weighted by atomic mass is 10.1. The number of nitrogens with zero attached hydrogens (tertiary/aromatic N) is 3. The molecular formula is C18H29IN6O. The van der Waals surface area contributed by atoms with Crippen molar-refractivity contribution >= 4 is 46.9 Å². The Balaban J connectivity index is 0.00000338. The first-order chi connectivity index (χ1) is 11.8. The largest absolute Gasteiger partial charge is 0.357 e. The van der Waals surface area contributed by atoms with Crippen molar-refractivity contribution in [2.45, 2.75) is 39.8 Å². The molecule has 1 aromatic heterocycles. The summed E-state index contributed by atoms with van der Waals surface area (Å²) in [7, 11) is 1.98. The molecule has 3 N–H and O–H groups in total. The monoisotopic (exact) mass is 472 g/mol. The van der Waals surface area contributed by atoms with Crippen molar-refractivity contribution in [1.82, 2.24) is 25.5 Å². The molecule has 1 amide bonds. The summed E-state index contributed by atoms with van der Waals surface area (Å²) in [6.45, 7) is 9.17. The summed E-state index contributed by atoms with van der Waals surface area (Å²) < 4.78 is 2.04. The molecule has 0 aliphatic heterocycles. The molecule has 0 aliphatic rings. The molecule has 0 spiro atoms. The van der Waals surface area contributed by atoms with Gasteiger partial charge in [-0.05, 0) is 39.8 Å². The van der Waals surface area contributed by atoms with E-state index in [4.69, 9.17) is 0 Å². The van der Waals surface area contributed by atoms with Crippen molar-refractivity contribution in [2.24, 2.45) is 12.0 Å². The molecule has 8 heteroatoms. The number of benzene rings is 1. The minimum Gasteiger partial charge on any atom is -0.357 e. The van der Waals surface area contributed by atoms with Gasteiger partial charge >= 0.3 is 0 Å². The van der Waals surface area contributed by atoms with Crippen molar-refractivity contribution in [1.29, 1.82) is 0 Å². The van der Waals surface area contributed by atoms with Gasteiger partial charge in [0.1, 0.15) is 12.4 Å². The number of hydrogen-bond acceptors (Lipinski definition) is 3. The lowest BCUT2D eigenvalue weighted by Gasteiger charge is -2.21. The van der Waals surface area contributed by atoms with Crippen LogP contribution in [0.2, 0.25) is 0 Å². The Morgan fingerprint density at radius 1 is 1.23 bits per heavy atom. The van der Waals surface area contributed by atoms with Crippen LogP contribution in [0.1, 0.15) is 33.5 Å². The summed E-state index contributed by atoms with van der Waals surface area (Å²) in [5.41, 5.74) is 1.79. The van der Waals surface area contributed by atoms with E-state index in [-0.39, 0.29) is 42.0 Å². The van der Waals surface area contributed by atoms with Crippen molar-refractivity contribution < 1.29 is 4.79 Å². The zero-order chi connectivity index (χ0) is 18.4. The van der Waals surface area contributed by atoms with E-state index in [1.165, 1.54) is 0 Å². The van der Waals surface area contributed by atoms with Gasteiger partial charge in [-0.3, -0.25) is 4.79 Å². The number of hydrogen-bond donors (Lipinski definition) is 3. The Labute approximate surface area is 172 Å². The van der Waals surface area contributed by atoms with Gasteiger partial charge in [-0.25, -0.2) is 9.98 Å². The average molecular weight is 472 g/mol. The number of carbonyl (C=O) groups is 1. The third kappa shape index (κ3) is 6.47. The SMILES string of the molecule is CCNC(=NCc1nc2ccccc2n1C)NCC(=O)NC(C)(C)C.I. The molecule has 1 aromatic carbocycles. The Morgan fingerprint density at radius 2 is 1.92 bits per heavy atom. The topological polar surface area (TPSA) is 83.3 Å². The molecule has 0 atom stereocenters. The molecule has 0 radical (unpaired) electrons. The predicted octanol–water partition coefficient (Wildman–Crippen LogP) is 2.16. The van der Waals surface area contributed by atoms with Crippen LogP contribution < -0.4 is 16.0 Å². The molecule has 2 aromatic rings.